The molecule has 10 nitrogen and oxygen atoms in total. The molecule has 224 valence electrons. The molecule has 3 fully saturated rings. The summed E-state index contributed by atoms with van der Waals surface area (Å²) in [6.07, 6.45) is 9.89. The van der Waals surface area contributed by atoms with Crippen molar-refractivity contribution in [1.29, 1.82) is 0 Å². The molecular formula is C31H34Cl2N8O2. The van der Waals surface area contributed by atoms with Gasteiger partial charge in [0.25, 0.3) is 11.8 Å². The molecule has 0 bridgehead atoms. The first-order chi connectivity index (χ1) is 20.9. The zero-order valence-corrected chi connectivity index (χ0v) is 25.4. The van der Waals surface area contributed by atoms with Crippen molar-refractivity contribution in [3.05, 3.63) is 63.4 Å². The van der Waals surface area contributed by atoms with E-state index in [1.54, 1.807) is 12.1 Å². The van der Waals surface area contributed by atoms with Gasteiger partial charge in [-0.3, -0.25) is 14.7 Å². The molecule has 2 aliphatic carbocycles. The minimum Gasteiger partial charge on any atom is -0.370 e. The molecule has 4 aromatic rings. The van der Waals surface area contributed by atoms with Crippen molar-refractivity contribution in [1.82, 2.24) is 30.4 Å². The van der Waals surface area contributed by atoms with Crippen molar-refractivity contribution in [3.8, 4) is 0 Å². The highest BCUT2D eigenvalue weighted by molar-refractivity contribution is 6.39. The number of imidazole rings is 1. The van der Waals surface area contributed by atoms with Gasteiger partial charge in [-0.2, -0.15) is 5.10 Å². The van der Waals surface area contributed by atoms with Crippen LogP contribution in [0, 0.1) is 11.8 Å². The van der Waals surface area contributed by atoms with Gasteiger partial charge in [0, 0.05) is 38.9 Å². The molecule has 2 amide bonds. The maximum Gasteiger partial charge on any atom is 0.254 e. The SMILES string of the molecule is Cn1c(Nc2c(Cl)ccc(CNC(=O)c3cn[nH]c3)c2Cl)nc2cc(C(=O)NC3CCCCC3)c(N3CC4CC4C3)cc21. The lowest BCUT2D eigenvalue weighted by atomic mass is 9.95. The number of nitrogens with zero attached hydrogens (tertiary/aromatic N) is 4. The predicted molar refractivity (Wildman–Crippen MR) is 168 cm³/mol. The Hall–Kier alpha value is -3.76. The number of H-pyrrole nitrogens is 1. The largest absolute Gasteiger partial charge is 0.370 e. The number of anilines is 3. The fourth-order valence-corrected chi connectivity index (χ4v) is 7.03. The summed E-state index contributed by atoms with van der Waals surface area (Å²) in [6.45, 7) is 2.17. The minimum atomic E-state index is -0.265. The zero-order valence-electron chi connectivity index (χ0n) is 23.9. The molecule has 2 saturated carbocycles. The van der Waals surface area contributed by atoms with E-state index >= 15 is 0 Å². The van der Waals surface area contributed by atoms with Crippen LogP contribution in [0.3, 0.4) is 0 Å². The Bertz CT molecular complexity index is 1690. The summed E-state index contributed by atoms with van der Waals surface area (Å²) < 4.78 is 1.96. The Kier molecular flexibility index (Phi) is 7.43. The monoisotopic (exact) mass is 620 g/mol. The van der Waals surface area contributed by atoms with Gasteiger partial charge in [-0.1, -0.05) is 48.5 Å². The van der Waals surface area contributed by atoms with E-state index in [2.05, 4.69) is 37.1 Å². The number of aryl methyl sites for hydroxylation is 1. The standard InChI is InChI=1S/C31H34Cl2N8O2/c1-40-26-11-25(41-15-18-9-19(18)16-41)22(30(43)37-21-5-3-2-4-6-21)10-24(26)38-31(40)39-28-23(32)8-7-17(27(28)33)12-34-29(42)20-13-35-36-14-20/h7-8,10-11,13-14,18-19,21H,2-6,9,12,15-16H2,1H3,(H,34,42)(H,35,36)(H,37,43)(H,38,39). The minimum absolute atomic E-state index is 0.0270. The topological polar surface area (TPSA) is 120 Å². The van der Waals surface area contributed by atoms with Gasteiger partial charge in [0.2, 0.25) is 5.95 Å². The van der Waals surface area contributed by atoms with Crippen LogP contribution in [-0.4, -0.2) is 50.7 Å². The average Bonchev–Trinajstić information content (AvgIpc) is 3.36. The second-order valence-corrected chi connectivity index (χ2v) is 12.8. The van der Waals surface area contributed by atoms with Crippen LogP contribution in [0.4, 0.5) is 17.3 Å². The highest BCUT2D eigenvalue weighted by Gasteiger charge is 2.45. The number of piperidine rings is 1. The lowest BCUT2D eigenvalue weighted by molar-refractivity contribution is 0.0925. The van der Waals surface area contributed by atoms with E-state index in [0.717, 1.165) is 61.8 Å². The van der Waals surface area contributed by atoms with Crippen LogP contribution in [0.15, 0.2) is 36.7 Å². The maximum atomic E-state index is 13.7. The number of rotatable bonds is 8. The fourth-order valence-electron chi connectivity index (χ4n) is 6.50. The number of amides is 2. The maximum absolute atomic E-state index is 13.7. The first-order valence-electron chi connectivity index (χ1n) is 14.9. The number of carbonyl (C=O) groups is 2. The molecule has 0 spiro atoms. The van der Waals surface area contributed by atoms with Crippen molar-refractivity contribution in [2.24, 2.45) is 18.9 Å². The molecule has 2 atom stereocenters. The van der Waals surface area contributed by atoms with E-state index in [1.165, 1.54) is 25.2 Å². The molecule has 12 heteroatoms. The summed E-state index contributed by atoms with van der Waals surface area (Å²) in [5.74, 6) is 1.71. The fraction of sp³-hybridized carbons (Fsp3) is 0.419. The number of aromatic nitrogens is 4. The van der Waals surface area contributed by atoms with Gasteiger partial charge in [-0.15, -0.1) is 0 Å². The van der Waals surface area contributed by atoms with Gasteiger partial charge in [0.15, 0.2) is 0 Å². The van der Waals surface area contributed by atoms with Crippen LogP contribution in [0.5, 0.6) is 0 Å². The molecule has 2 aromatic heterocycles. The van der Waals surface area contributed by atoms with E-state index in [4.69, 9.17) is 28.2 Å². The van der Waals surface area contributed by atoms with Crippen LogP contribution in [-0.2, 0) is 13.6 Å². The molecule has 43 heavy (non-hydrogen) atoms. The molecule has 3 aliphatic rings. The quantitative estimate of drug-likeness (QED) is 0.198. The number of fused-ring (bicyclic) bond motifs is 2. The van der Waals surface area contributed by atoms with E-state index in [0.29, 0.717) is 43.9 Å². The van der Waals surface area contributed by atoms with Crippen molar-refractivity contribution in [3.63, 3.8) is 0 Å². The smallest absolute Gasteiger partial charge is 0.254 e. The molecule has 2 unspecified atom stereocenters. The Morgan fingerprint density at radius 3 is 2.60 bits per heavy atom. The summed E-state index contributed by atoms with van der Waals surface area (Å²) in [7, 11) is 1.93. The van der Waals surface area contributed by atoms with Crippen LogP contribution in [0.2, 0.25) is 10.0 Å². The Morgan fingerprint density at radius 1 is 1.07 bits per heavy atom. The molecule has 0 radical (unpaired) electrons. The van der Waals surface area contributed by atoms with E-state index < -0.39 is 0 Å². The number of benzene rings is 2. The van der Waals surface area contributed by atoms with Gasteiger partial charge in [-0.25, -0.2) is 4.98 Å². The third-order valence-electron chi connectivity index (χ3n) is 9.11. The summed E-state index contributed by atoms with van der Waals surface area (Å²) in [5.41, 5.74) is 4.88. The van der Waals surface area contributed by atoms with Crippen molar-refractivity contribution >= 4 is 63.4 Å². The third kappa shape index (κ3) is 5.54. The highest BCUT2D eigenvalue weighted by Crippen LogP contribution is 2.47. The number of halogens is 2. The normalized spacial score (nSPS) is 19.8. The number of hydrogen-bond acceptors (Lipinski definition) is 6. The van der Waals surface area contributed by atoms with Crippen molar-refractivity contribution in [2.75, 3.05) is 23.3 Å². The molecule has 1 aliphatic heterocycles. The van der Waals surface area contributed by atoms with Gasteiger partial charge in [0.1, 0.15) is 0 Å². The molecular weight excluding hydrogens is 587 g/mol. The first kappa shape index (κ1) is 28.0. The van der Waals surface area contributed by atoms with Gasteiger partial charge in [0.05, 0.1) is 49.8 Å². The van der Waals surface area contributed by atoms with Crippen LogP contribution >= 0.6 is 23.2 Å². The Morgan fingerprint density at radius 2 is 1.86 bits per heavy atom. The predicted octanol–water partition coefficient (Wildman–Crippen LogP) is 5.80. The van der Waals surface area contributed by atoms with Crippen LogP contribution in [0.25, 0.3) is 11.0 Å². The van der Waals surface area contributed by atoms with Gasteiger partial charge < -0.3 is 25.4 Å². The van der Waals surface area contributed by atoms with E-state index in [1.807, 2.05) is 17.7 Å². The van der Waals surface area contributed by atoms with E-state index in [-0.39, 0.29) is 24.4 Å². The second kappa shape index (κ2) is 11.4. The zero-order chi connectivity index (χ0) is 29.7. The summed E-state index contributed by atoms with van der Waals surface area (Å²) in [4.78, 5) is 33.3. The molecule has 4 N–H and O–H groups in total. The first-order valence-corrected chi connectivity index (χ1v) is 15.7. The van der Waals surface area contributed by atoms with Crippen LogP contribution in [0.1, 0.15) is 64.8 Å². The Balaban J connectivity index is 1.18. The molecule has 3 heterocycles. The third-order valence-corrected chi connectivity index (χ3v) is 9.86. The van der Waals surface area contributed by atoms with Crippen molar-refractivity contribution < 1.29 is 9.59 Å². The van der Waals surface area contributed by atoms with Crippen molar-refractivity contribution in [2.45, 2.75) is 51.1 Å². The van der Waals surface area contributed by atoms with Gasteiger partial charge >= 0.3 is 0 Å². The number of aromatic amines is 1. The summed E-state index contributed by atoms with van der Waals surface area (Å²) in [6, 6.07) is 7.76. The molecule has 7 rings (SSSR count). The molecule has 2 aromatic carbocycles. The van der Waals surface area contributed by atoms with Crippen LogP contribution < -0.4 is 20.9 Å². The Labute approximate surface area is 259 Å². The summed E-state index contributed by atoms with van der Waals surface area (Å²) in [5, 5.41) is 16.7. The lowest BCUT2D eigenvalue weighted by Crippen LogP contribution is -2.37. The lowest BCUT2D eigenvalue weighted by Gasteiger charge is -2.26. The number of nitrogens with one attached hydrogen (secondary N) is 4. The highest BCUT2D eigenvalue weighted by atomic mass is 35.5. The van der Waals surface area contributed by atoms with Gasteiger partial charge in [-0.05, 0) is 54.9 Å². The second-order valence-electron chi connectivity index (χ2n) is 12.0. The van der Waals surface area contributed by atoms with E-state index in [9.17, 15) is 9.59 Å². The number of hydrogen-bond donors (Lipinski definition) is 4. The molecule has 1 saturated heterocycles. The number of carbonyl (C=O) groups excluding carboxylic acids is 2. The average molecular weight is 622 g/mol. The summed E-state index contributed by atoms with van der Waals surface area (Å²) >= 11 is 13.4.